The van der Waals surface area contributed by atoms with Crippen LogP contribution in [0.5, 0.6) is 0 Å². The fraction of sp³-hybridized carbons (Fsp3) is 0.417. The van der Waals surface area contributed by atoms with Crippen molar-refractivity contribution in [3.63, 3.8) is 0 Å². The Kier molecular flexibility index (Phi) is 3.79. The molecule has 0 saturated carbocycles. The van der Waals surface area contributed by atoms with Crippen molar-refractivity contribution in [1.29, 1.82) is 0 Å². The van der Waals surface area contributed by atoms with Crippen molar-refractivity contribution in [2.24, 2.45) is 10.2 Å². The summed E-state index contributed by atoms with van der Waals surface area (Å²) in [5.41, 5.74) is -0.584. The zero-order valence-corrected chi connectivity index (χ0v) is 10.6. The van der Waals surface area contributed by atoms with Gasteiger partial charge in [0.05, 0.1) is 0 Å². The summed E-state index contributed by atoms with van der Waals surface area (Å²) in [4.78, 5) is 22.3. The van der Waals surface area contributed by atoms with Crippen LogP contribution in [0.4, 0.5) is 5.82 Å². The molecule has 0 unspecified atom stereocenters. The zero-order valence-electron chi connectivity index (χ0n) is 10.6. The number of H-pyrrole nitrogens is 1. The number of carboxylic acid groups (broad SMARTS) is 1. The average molecular weight is 275 g/mol. The smallest absolute Gasteiger partial charge is 0.353 e. The number of aromatic amines is 1. The van der Waals surface area contributed by atoms with Crippen LogP contribution in [0.1, 0.15) is 36.2 Å². The lowest BCUT2D eigenvalue weighted by molar-refractivity contribution is -0.116. The van der Waals surface area contributed by atoms with Crippen molar-refractivity contribution in [3.8, 4) is 12.3 Å². The molecule has 8 nitrogen and oxygen atoms in total. The summed E-state index contributed by atoms with van der Waals surface area (Å²) >= 11 is 0. The van der Waals surface area contributed by atoms with Gasteiger partial charge in [-0.3, -0.25) is 9.89 Å². The van der Waals surface area contributed by atoms with Crippen molar-refractivity contribution >= 4 is 17.7 Å². The van der Waals surface area contributed by atoms with Crippen LogP contribution >= 0.6 is 0 Å². The number of rotatable bonds is 7. The Labute approximate surface area is 114 Å². The van der Waals surface area contributed by atoms with Gasteiger partial charge in [-0.1, -0.05) is 0 Å². The van der Waals surface area contributed by atoms with Gasteiger partial charge in [0.1, 0.15) is 5.69 Å². The minimum atomic E-state index is -1.14. The number of hydrogen-bond donors (Lipinski definition) is 3. The van der Waals surface area contributed by atoms with Gasteiger partial charge in [-0.25, -0.2) is 4.79 Å². The van der Waals surface area contributed by atoms with Gasteiger partial charge < -0.3 is 10.4 Å². The third-order valence-electron chi connectivity index (χ3n) is 2.88. The molecule has 104 valence electrons. The van der Waals surface area contributed by atoms with E-state index in [0.717, 1.165) is 0 Å². The van der Waals surface area contributed by atoms with E-state index >= 15 is 0 Å². The Morgan fingerprint density at radius 1 is 1.45 bits per heavy atom. The van der Waals surface area contributed by atoms with Gasteiger partial charge in [0.2, 0.25) is 5.91 Å². The minimum absolute atomic E-state index is 0.0852. The maximum atomic E-state index is 11.7. The van der Waals surface area contributed by atoms with E-state index in [-0.39, 0.29) is 23.8 Å². The molecule has 1 aliphatic heterocycles. The number of amides is 1. The standard InChI is InChI=1S/C12H13N5O3/c1-2-3-5-12(16-17-12)6-4-10(18)13-9-7-8(11(19)20)14-15-9/h1,7H,3-6H2,(H,19,20)(H2,13,14,15,18). The van der Waals surface area contributed by atoms with E-state index in [1.165, 1.54) is 6.07 Å². The third kappa shape index (κ3) is 3.41. The first-order valence-electron chi connectivity index (χ1n) is 6.01. The molecule has 1 aliphatic rings. The number of carbonyl (C=O) groups excluding carboxylic acids is 1. The summed E-state index contributed by atoms with van der Waals surface area (Å²) in [6.45, 7) is 0. The Morgan fingerprint density at radius 2 is 2.20 bits per heavy atom. The largest absolute Gasteiger partial charge is 0.477 e. The van der Waals surface area contributed by atoms with Crippen LogP contribution < -0.4 is 5.32 Å². The zero-order chi connectivity index (χ0) is 14.6. The molecule has 8 heteroatoms. The van der Waals surface area contributed by atoms with E-state index in [4.69, 9.17) is 11.5 Å². The lowest BCUT2D eigenvalue weighted by Crippen LogP contribution is -2.17. The first-order valence-corrected chi connectivity index (χ1v) is 6.01. The number of terminal acetylenes is 1. The number of carbonyl (C=O) groups is 2. The van der Waals surface area contributed by atoms with E-state index in [9.17, 15) is 9.59 Å². The monoisotopic (exact) mass is 275 g/mol. The van der Waals surface area contributed by atoms with Crippen LogP contribution in [0, 0.1) is 12.3 Å². The van der Waals surface area contributed by atoms with Gasteiger partial charge in [0.15, 0.2) is 11.5 Å². The fourth-order valence-corrected chi connectivity index (χ4v) is 1.68. The molecule has 1 aromatic rings. The number of aromatic carboxylic acids is 1. The summed E-state index contributed by atoms with van der Waals surface area (Å²) in [7, 11) is 0. The fourth-order valence-electron chi connectivity index (χ4n) is 1.68. The summed E-state index contributed by atoms with van der Waals surface area (Å²) in [5, 5.41) is 25.0. The first kappa shape index (κ1) is 13.7. The highest BCUT2D eigenvalue weighted by molar-refractivity contribution is 5.92. The number of aromatic nitrogens is 2. The molecule has 0 radical (unpaired) electrons. The van der Waals surface area contributed by atoms with Crippen LogP contribution in [-0.2, 0) is 4.79 Å². The number of nitrogens with one attached hydrogen (secondary N) is 2. The molecule has 2 rings (SSSR count). The van der Waals surface area contributed by atoms with Crippen LogP contribution in [0.15, 0.2) is 16.3 Å². The molecule has 3 N–H and O–H groups in total. The third-order valence-corrected chi connectivity index (χ3v) is 2.88. The van der Waals surface area contributed by atoms with Gasteiger partial charge in [0, 0.05) is 31.7 Å². The van der Waals surface area contributed by atoms with E-state index in [0.29, 0.717) is 19.3 Å². The molecule has 0 spiro atoms. The number of nitrogens with zero attached hydrogens (tertiary/aromatic N) is 3. The van der Waals surface area contributed by atoms with Gasteiger partial charge in [-0.2, -0.15) is 15.3 Å². The molecule has 0 aromatic carbocycles. The van der Waals surface area contributed by atoms with Gasteiger partial charge in [0.25, 0.3) is 0 Å². The van der Waals surface area contributed by atoms with Gasteiger partial charge in [-0.15, -0.1) is 12.3 Å². The molecule has 20 heavy (non-hydrogen) atoms. The van der Waals surface area contributed by atoms with Gasteiger partial charge >= 0.3 is 5.97 Å². The van der Waals surface area contributed by atoms with Crippen molar-refractivity contribution in [1.82, 2.24) is 10.2 Å². The highest BCUT2D eigenvalue weighted by Crippen LogP contribution is 2.37. The molecular formula is C12H13N5O3. The van der Waals surface area contributed by atoms with E-state index in [1.54, 1.807) is 0 Å². The molecular weight excluding hydrogens is 262 g/mol. The van der Waals surface area contributed by atoms with Crippen LogP contribution in [0.3, 0.4) is 0 Å². The summed E-state index contributed by atoms with van der Waals surface area (Å²) in [5.74, 6) is 1.28. The van der Waals surface area contributed by atoms with Crippen molar-refractivity contribution in [3.05, 3.63) is 11.8 Å². The quantitative estimate of drug-likeness (QED) is 0.651. The van der Waals surface area contributed by atoms with E-state index in [1.807, 2.05) is 0 Å². The van der Waals surface area contributed by atoms with Crippen LogP contribution in [0.25, 0.3) is 0 Å². The maximum Gasteiger partial charge on any atom is 0.353 e. The topological polar surface area (TPSA) is 120 Å². The predicted molar refractivity (Wildman–Crippen MR) is 69.1 cm³/mol. The second-order valence-corrected chi connectivity index (χ2v) is 4.41. The van der Waals surface area contributed by atoms with Gasteiger partial charge in [-0.05, 0) is 0 Å². The lowest BCUT2D eigenvalue weighted by Gasteiger charge is -2.07. The molecule has 0 bridgehead atoms. The predicted octanol–water partition coefficient (Wildman–Crippen LogP) is 1.40. The Balaban J connectivity index is 1.78. The van der Waals surface area contributed by atoms with E-state index in [2.05, 4.69) is 31.7 Å². The van der Waals surface area contributed by atoms with E-state index < -0.39 is 11.6 Å². The summed E-state index contributed by atoms with van der Waals surface area (Å²) in [6.07, 6.45) is 7.08. The molecule has 1 aromatic heterocycles. The minimum Gasteiger partial charge on any atom is -0.477 e. The second-order valence-electron chi connectivity index (χ2n) is 4.41. The van der Waals surface area contributed by atoms with Crippen molar-refractivity contribution in [2.75, 3.05) is 5.32 Å². The SMILES string of the molecule is C#CCCC1(CCC(=O)Nc2cc(C(=O)O)[nH]n2)N=N1. The molecule has 0 atom stereocenters. The Morgan fingerprint density at radius 3 is 2.75 bits per heavy atom. The molecule has 0 fully saturated rings. The van der Waals surface area contributed by atoms with Crippen LogP contribution in [0.2, 0.25) is 0 Å². The summed E-state index contributed by atoms with van der Waals surface area (Å²) in [6, 6.07) is 1.25. The number of carboxylic acids is 1. The number of hydrogen-bond acceptors (Lipinski definition) is 5. The highest BCUT2D eigenvalue weighted by Gasteiger charge is 2.39. The number of anilines is 1. The molecule has 0 saturated heterocycles. The maximum absolute atomic E-state index is 11.7. The second kappa shape index (κ2) is 5.52. The normalized spacial score (nSPS) is 14.6. The van der Waals surface area contributed by atoms with Crippen molar-refractivity contribution in [2.45, 2.75) is 31.3 Å². The highest BCUT2D eigenvalue weighted by atomic mass is 16.4. The van der Waals surface area contributed by atoms with Crippen LogP contribution in [-0.4, -0.2) is 32.8 Å². The molecule has 0 aliphatic carbocycles. The summed E-state index contributed by atoms with van der Waals surface area (Å²) < 4.78 is 0. The molecule has 2 heterocycles. The average Bonchev–Trinajstić information content (AvgIpc) is 3.04. The Bertz CT molecular complexity index is 592. The Hall–Kier alpha value is -2.69. The molecule has 1 amide bonds. The first-order chi connectivity index (χ1) is 9.54. The van der Waals surface area contributed by atoms with Crippen molar-refractivity contribution < 1.29 is 14.7 Å². The lowest BCUT2D eigenvalue weighted by atomic mass is 10.0.